The van der Waals surface area contributed by atoms with Crippen LogP contribution in [-0.2, 0) is 24.3 Å². The summed E-state index contributed by atoms with van der Waals surface area (Å²) in [4.78, 5) is 10.6. The molecule has 9 heteroatoms. The molecule has 0 amide bonds. The summed E-state index contributed by atoms with van der Waals surface area (Å²) < 4.78 is 12.6. The lowest BCUT2D eigenvalue weighted by Crippen LogP contribution is -2.47. The number of rotatable bonds is 10. The molecule has 0 saturated carbocycles. The molecule has 170 valence electrons. The number of methoxy groups -OCH3 is 2. The molecule has 2 heterocycles. The molecule has 0 saturated heterocycles. The summed E-state index contributed by atoms with van der Waals surface area (Å²) >= 11 is 1.82. The van der Waals surface area contributed by atoms with E-state index in [0.717, 1.165) is 61.6 Å². The largest absolute Gasteiger partial charge is 0.496 e. The van der Waals surface area contributed by atoms with Crippen LogP contribution in [0.25, 0.3) is 0 Å². The minimum Gasteiger partial charge on any atom is -0.496 e. The van der Waals surface area contributed by atoms with E-state index >= 15 is 0 Å². The summed E-state index contributed by atoms with van der Waals surface area (Å²) in [6.07, 6.45) is 1.91. The highest BCUT2D eigenvalue weighted by Crippen LogP contribution is 2.30. The number of fused-ring (bicyclic) bond motifs is 1. The third kappa shape index (κ3) is 6.87. The van der Waals surface area contributed by atoms with Gasteiger partial charge in [-0.3, -0.25) is 4.99 Å². The molecule has 2 atom stereocenters. The van der Waals surface area contributed by atoms with Crippen LogP contribution in [0.4, 0.5) is 0 Å². The van der Waals surface area contributed by atoms with E-state index < -0.39 is 0 Å². The molecule has 2 N–H and O–H groups in total. The van der Waals surface area contributed by atoms with Crippen LogP contribution in [0.3, 0.4) is 0 Å². The normalized spacial score (nSPS) is 17.2. The molecule has 1 aromatic heterocycles. The third-order valence-corrected chi connectivity index (χ3v) is 6.40. The van der Waals surface area contributed by atoms with Crippen molar-refractivity contribution in [2.45, 2.75) is 50.8 Å². The van der Waals surface area contributed by atoms with Gasteiger partial charge < -0.3 is 20.1 Å². The Kier molecular flexibility index (Phi) is 9.02. The van der Waals surface area contributed by atoms with E-state index in [0.29, 0.717) is 12.5 Å². The van der Waals surface area contributed by atoms with Crippen LogP contribution < -0.4 is 15.4 Å². The molecule has 3 rings (SSSR count). The molecule has 0 radical (unpaired) electrons. The van der Waals surface area contributed by atoms with Crippen LogP contribution >= 0.6 is 11.8 Å². The minimum atomic E-state index is 0.278. The molecular weight excluding hydrogens is 412 g/mol. The SMILES string of the molecule is CCNC(=NCC(C)CSc1ccccc1OC)NC1CCc2nc(COC)nn2C1. The average Bonchev–Trinajstić information content (AvgIpc) is 3.18. The third-order valence-electron chi connectivity index (χ3n) is 5.01. The molecule has 2 unspecified atom stereocenters. The molecule has 1 aliphatic heterocycles. The maximum atomic E-state index is 5.45. The molecule has 31 heavy (non-hydrogen) atoms. The molecular formula is C22H34N6O2S. The van der Waals surface area contributed by atoms with Gasteiger partial charge >= 0.3 is 0 Å². The molecule has 1 aromatic carbocycles. The van der Waals surface area contributed by atoms with Crippen molar-refractivity contribution >= 4 is 17.7 Å². The first-order chi connectivity index (χ1) is 15.1. The molecule has 2 aromatic rings. The van der Waals surface area contributed by atoms with Gasteiger partial charge in [-0.05, 0) is 31.4 Å². The number of guanidine groups is 1. The number of thioether (sulfide) groups is 1. The standard InChI is InChI=1S/C22H34N6O2S/c1-5-23-22(24-12-16(2)15-31-19-9-7-6-8-18(19)30-4)25-17-10-11-21-26-20(14-29-3)27-28(21)13-17/h6-9,16-17H,5,10-15H2,1-4H3,(H2,23,24,25). The summed E-state index contributed by atoms with van der Waals surface area (Å²) in [5.74, 6) is 5.00. The second-order valence-electron chi connectivity index (χ2n) is 7.73. The fourth-order valence-electron chi connectivity index (χ4n) is 3.45. The highest BCUT2D eigenvalue weighted by molar-refractivity contribution is 7.99. The first-order valence-corrected chi connectivity index (χ1v) is 11.8. The van der Waals surface area contributed by atoms with Gasteiger partial charge in [-0.25, -0.2) is 9.67 Å². The van der Waals surface area contributed by atoms with Crippen molar-refractivity contribution in [3.8, 4) is 5.75 Å². The van der Waals surface area contributed by atoms with E-state index in [9.17, 15) is 0 Å². The smallest absolute Gasteiger partial charge is 0.191 e. The second-order valence-corrected chi connectivity index (χ2v) is 8.79. The van der Waals surface area contributed by atoms with E-state index in [1.807, 2.05) is 34.6 Å². The Balaban J connectivity index is 1.52. The first-order valence-electron chi connectivity index (χ1n) is 10.8. The number of benzene rings is 1. The maximum Gasteiger partial charge on any atom is 0.191 e. The zero-order valence-electron chi connectivity index (χ0n) is 18.9. The van der Waals surface area contributed by atoms with Crippen molar-refractivity contribution < 1.29 is 9.47 Å². The van der Waals surface area contributed by atoms with E-state index in [4.69, 9.17) is 14.5 Å². The highest BCUT2D eigenvalue weighted by Gasteiger charge is 2.22. The minimum absolute atomic E-state index is 0.278. The zero-order valence-corrected chi connectivity index (χ0v) is 19.7. The van der Waals surface area contributed by atoms with Gasteiger partial charge in [0.2, 0.25) is 0 Å². The number of aryl methyl sites for hydroxylation is 1. The van der Waals surface area contributed by atoms with Crippen molar-refractivity contribution in [1.82, 2.24) is 25.4 Å². The zero-order chi connectivity index (χ0) is 22.1. The fraction of sp³-hybridized carbons (Fsp3) is 0.591. The molecule has 0 fully saturated rings. The fourth-order valence-corrected chi connectivity index (χ4v) is 4.49. The number of ether oxygens (including phenoxy) is 2. The number of para-hydroxylation sites is 1. The maximum absolute atomic E-state index is 5.45. The topological polar surface area (TPSA) is 85.6 Å². The van der Waals surface area contributed by atoms with Gasteiger partial charge in [-0.2, -0.15) is 5.10 Å². The Morgan fingerprint density at radius 1 is 1.35 bits per heavy atom. The Hall–Kier alpha value is -2.26. The van der Waals surface area contributed by atoms with Crippen molar-refractivity contribution in [2.75, 3.05) is 33.1 Å². The Morgan fingerprint density at radius 2 is 2.19 bits per heavy atom. The van der Waals surface area contributed by atoms with Gasteiger partial charge in [-0.15, -0.1) is 11.8 Å². The van der Waals surface area contributed by atoms with Crippen molar-refractivity contribution in [2.24, 2.45) is 10.9 Å². The molecule has 8 nitrogen and oxygen atoms in total. The lowest BCUT2D eigenvalue weighted by molar-refractivity contribution is 0.177. The van der Waals surface area contributed by atoms with Gasteiger partial charge in [0, 0.05) is 43.3 Å². The van der Waals surface area contributed by atoms with Crippen LogP contribution in [-0.4, -0.2) is 59.8 Å². The quantitative estimate of drug-likeness (QED) is 0.330. The van der Waals surface area contributed by atoms with Gasteiger partial charge in [-0.1, -0.05) is 19.1 Å². The predicted molar refractivity (Wildman–Crippen MR) is 125 cm³/mol. The number of hydrogen-bond acceptors (Lipinski definition) is 6. The van der Waals surface area contributed by atoms with Crippen molar-refractivity contribution in [3.05, 3.63) is 35.9 Å². The van der Waals surface area contributed by atoms with Crippen LogP contribution in [0.2, 0.25) is 0 Å². The van der Waals surface area contributed by atoms with Crippen LogP contribution in [0.15, 0.2) is 34.2 Å². The number of aromatic nitrogens is 3. The molecule has 0 bridgehead atoms. The number of nitrogens with one attached hydrogen (secondary N) is 2. The van der Waals surface area contributed by atoms with Crippen LogP contribution in [0.5, 0.6) is 5.75 Å². The number of nitrogens with zero attached hydrogens (tertiary/aromatic N) is 4. The van der Waals surface area contributed by atoms with Gasteiger partial charge in [0.25, 0.3) is 0 Å². The summed E-state index contributed by atoms with van der Waals surface area (Å²) in [5.41, 5.74) is 0. The molecule has 0 spiro atoms. The summed E-state index contributed by atoms with van der Waals surface area (Å²) in [6, 6.07) is 8.42. The van der Waals surface area contributed by atoms with Gasteiger partial charge in [0.1, 0.15) is 18.2 Å². The first kappa shape index (κ1) is 23.4. The predicted octanol–water partition coefficient (Wildman–Crippen LogP) is 2.73. The van der Waals surface area contributed by atoms with E-state index in [1.165, 1.54) is 4.90 Å². The van der Waals surface area contributed by atoms with Crippen molar-refractivity contribution in [1.29, 1.82) is 0 Å². The number of aliphatic imine (C=N–C) groups is 1. The van der Waals surface area contributed by atoms with E-state index in [-0.39, 0.29) is 6.04 Å². The molecule has 1 aliphatic rings. The van der Waals surface area contributed by atoms with Crippen LogP contribution in [0, 0.1) is 5.92 Å². The Bertz CT molecular complexity index is 856. The van der Waals surface area contributed by atoms with E-state index in [2.05, 4.69) is 40.6 Å². The second kappa shape index (κ2) is 12.0. The van der Waals surface area contributed by atoms with E-state index in [1.54, 1.807) is 14.2 Å². The summed E-state index contributed by atoms with van der Waals surface area (Å²) in [6.45, 7) is 7.15. The number of hydrogen-bond donors (Lipinski definition) is 2. The average molecular weight is 447 g/mol. The Morgan fingerprint density at radius 3 is 2.97 bits per heavy atom. The summed E-state index contributed by atoms with van der Waals surface area (Å²) in [5, 5.41) is 11.5. The van der Waals surface area contributed by atoms with Gasteiger partial charge in [0.15, 0.2) is 11.8 Å². The summed E-state index contributed by atoms with van der Waals surface area (Å²) in [7, 11) is 3.38. The Labute approximate surface area is 189 Å². The highest BCUT2D eigenvalue weighted by atomic mass is 32.2. The molecule has 0 aliphatic carbocycles. The lowest BCUT2D eigenvalue weighted by Gasteiger charge is -2.25. The monoisotopic (exact) mass is 446 g/mol. The van der Waals surface area contributed by atoms with Gasteiger partial charge in [0.05, 0.1) is 13.7 Å². The van der Waals surface area contributed by atoms with Crippen LogP contribution in [0.1, 0.15) is 31.9 Å². The lowest BCUT2D eigenvalue weighted by atomic mass is 10.1. The van der Waals surface area contributed by atoms with Crippen molar-refractivity contribution in [3.63, 3.8) is 0 Å².